The van der Waals surface area contributed by atoms with Gasteiger partial charge in [0.1, 0.15) is 0 Å². The highest BCUT2D eigenvalue weighted by atomic mass is 16.2. The molecule has 1 atom stereocenters. The van der Waals surface area contributed by atoms with Crippen molar-refractivity contribution in [1.82, 2.24) is 5.32 Å². The Balaban J connectivity index is 2.15. The van der Waals surface area contributed by atoms with Crippen molar-refractivity contribution in [3.05, 3.63) is 35.4 Å². The SMILES string of the molecule is C#CCc1ccc(C2CCC(=O)NC2=O)cc1. The molecule has 1 aromatic carbocycles. The molecule has 3 nitrogen and oxygen atoms in total. The molecule has 0 radical (unpaired) electrons. The van der Waals surface area contributed by atoms with Crippen molar-refractivity contribution in [3.63, 3.8) is 0 Å². The molecule has 1 heterocycles. The van der Waals surface area contributed by atoms with Crippen LogP contribution in [0.4, 0.5) is 0 Å². The number of hydrogen-bond donors (Lipinski definition) is 1. The molecule has 17 heavy (non-hydrogen) atoms. The summed E-state index contributed by atoms with van der Waals surface area (Å²) in [6.45, 7) is 0. The molecule has 2 amide bonds. The van der Waals surface area contributed by atoms with Crippen molar-refractivity contribution < 1.29 is 9.59 Å². The van der Waals surface area contributed by atoms with Crippen molar-refractivity contribution >= 4 is 11.8 Å². The first-order valence-electron chi connectivity index (χ1n) is 5.56. The van der Waals surface area contributed by atoms with Gasteiger partial charge in [-0.1, -0.05) is 24.3 Å². The van der Waals surface area contributed by atoms with Crippen molar-refractivity contribution in [2.24, 2.45) is 0 Å². The lowest BCUT2D eigenvalue weighted by Crippen LogP contribution is -2.39. The van der Waals surface area contributed by atoms with E-state index in [0.29, 0.717) is 19.3 Å². The monoisotopic (exact) mass is 227 g/mol. The van der Waals surface area contributed by atoms with Crippen LogP contribution >= 0.6 is 0 Å². The van der Waals surface area contributed by atoms with Crippen LogP contribution in [0.25, 0.3) is 0 Å². The summed E-state index contributed by atoms with van der Waals surface area (Å²) in [5.74, 6) is 1.97. The van der Waals surface area contributed by atoms with E-state index in [0.717, 1.165) is 11.1 Å². The van der Waals surface area contributed by atoms with Crippen LogP contribution in [0.15, 0.2) is 24.3 Å². The highest BCUT2D eigenvalue weighted by Gasteiger charge is 2.27. The van der Waals surface area contributed by atoms with Crippen molar-refractivity contribution in [3.8, 4) is 12.3 Å². The van der Waals surface area contributed by atoms with E-state index in [-0.39, 0.29) is 17.7 Å². The molecule has 1 unspecified atom stereocenters. The molecule has 3 heteroatoms. The van der Waals surface area contributed by atoms with Crippen LogP contribution in [0.1, 0.15) is 29.9 Å². The minimum Gasteiger partial charge on any atom is -0.296 e. The van der Waals surface area contributed by atoms with Gasteiger partial charge in [-0.25, -0.2) is 0 Å². The van der Waals surface area contributed by atoms with E-state index in [9.17, 15) is 9.59 Å². The molecule has 86 valence electrons. The van der Waals surface area contributed by atoms with Gasteiger partial charge in [0.15, 0.2) is 0 Å². The third-order valence-electron chi connectivity index (χ3n) is 2.93. The number of nitrogens with one attached hydrogen (secondary N) is 1. The third kappa shape index (κ3) is 2.54. The molecule has 1 N–H and O–H groups in total. The fourth-order valence-corrected chi connectivity index (χ4v) is 2.00. The van der Waals surface area contributed by atoms with Crippen molar-refractivity contribution in [2.45, 2.75) is 25.2 Å². The Labute approximate surface area is 100 Å². The molecule has 0 saturated carbocycles. The quantitative estimate of drug-likeness (QED) is 0.613. The predicted octanol–water partition coefficient (Wildman–Crippen LogP) is 1.38. The zero-order chi connectivity index (χ0) is 12.3. The highest BCUT2D eigenvalue weighted by molar-refractivity contribution is 6.00. The van der Waals surface area contributed by atoms with Crippen LogP contribution in [-0.4, -0.2) is 11.8 Å². The number of terminal acetylenes is 1. The zero-order valence-electron chi connectivity index (χ0n) is 9.40. The minimum absolute atomic E-state index is 0.185. The first-order valence-corrected chi connectivity index (χ1v) is 5.56. The summed E-state index contributed by atoms with van der Waals surface area (Å²) in [5, 5.41) is 2.36. The lowest BCUT2D eigenvalue weighted by Gasteiger charge is -2.21. The Morgan fingerprint density at radius 3 is 2.59 bits per heavy atom. The summed E-state index contributed by atoms with van der Waals surface area (Å²) in [5.41, 5.74) is 2.00. The van der Waals surface area contributed by atoms with Crippen LogP contribution < -0.4 is 5.32 Å². The van der Waals surface area contributed by atoms with E-state index >= 15 is 0 Å². The average Bonchev–Trinajstić information content (AvgIpc) is 2.31. The molecular weight excluding hydrogens is 214 g/mol. The summed E-state index contributed by atoms with van der Waals surface area (Å²) in [6.07, 6.45) is 6.81. The molecular formula is C14H13NO2. The first kappa shape index (κ1) is 11.4. The number of hydrogen-bond acceptors (Lipinski definition) is 2. The zero-order valence-corrected chi connectivity index (χ0v) is 9.40. The standard InChI is InChI=1S/C14H13NO2/c1-2-3-10-4-6-11(7-5-10)12-8-9-13(16)15-14(12)17/h1,4-7,12H,3,8-9H2,(H,15,16,17). The number of benzene rings is 1. The molecule has 1 fully saturated rings. The maximum atomic E-state index is 11.7. The van der Waals surface area contributed by atoms with E-state index in [4.69, 9.17) is 6.42 Å². The fraction of sp³-hybridized carbons (Fsp3) is 0.286. The lowest BCUT2D eigenvalue weighted by atomic mass is 9.90. The number of piperidine rings is 1. The van der Waals surface area contributed by atoms with E-state index in [1.54, 1.807) is 0 Å². The minimum atomic E-state index is -0.215. The summed E-state index contributed by atoms with van der Waals surface area (Å²) < 4.78 is 0. The van der Waals surface area contributed by atoms with E-state index < -0.39 is 0 Å². The van der Waals surface area contributed by atoms with Crippen LogP contribution in [0.2, 0.25) is 0 Å². The molecule has 1 saturated heterocycles. The molecule has 0 bridgehead atoms. The highest BCUT2D eigenvalue weighted by Crippen LogP contribution is 2.24. The smallest absolute Gasteiger partial charge is 0.234 e. The molecule has 0 spiro atoms. The van der Waals surface area contributed by atoms with Gasteiger partial charge in [-0.05, 0) is 17.5 Å². The fourth-order valence-electron chi connectivity index (χ4n) is 2.00. The van der Waals surface area contributed by atoms with Crippen molar-refractivity contribution in [2.75, 3.05) is 0 Å². The molecule has 2 rings (SSSR count). The summed E-state index contributed by atoms with van der Waals surface area (Å²) >= 11 is 0. The number of amides is 2. The van der Waals surface area contributed by atoms with Gasteiger partial charge < -0.3 is 0 Å². The van der Waals surface area contributed by atoms with Gasteiger partial charge in [0.25, 0.3) is 0 Å². The molecule has 0 aromatic heterocycles. The summed E-state index contributed by atoms with van der Waals surface area (Å²) in [7, 11) is 0. The molecule has 1 aliphatic rings. The van der Waals surface area contributed by atoms with E-state index in [1.165, 1.54) is 0 Å². The van der Waals surface area contributed by atoms with Gasteiger partial charge in [0.2, 0.25) is 11.8 Å². The maximum Gasteiger partial charge on any atom is 0.234 e. The van der Waals surface area contributed by atoms with Crippen LogP contribution in [0.5, 0.6) is 0 Å². The Morgan fingerprint density at radius 1 is 1.29 bits per heavy atom. The topological polar surface area (TPSA) is 46.2 Å². The summed E-state index contributed by atoms with van der Waals surface area (Å²) in [4.78, 5) is 22.7. The Hall–Kier alpha value is -2.08. The van der Waals surface area contributed by atoms with Gasteiger partial charge in [0, 0.05) is 12.8 Å². The van der Waals surface area contributed by atoms with Crippen LogP contribution in [0.3, 0.4) is 0 Å². The van der Waals surface area contributed by atoms with Gasteiger partial charge in [-0.3, -0.25) is 14.9 Å². The Kier molecular flexibility index (Phi) is 3.24. The predicted molar refractivity (Wildman–Crippen MR) is 64.1 cm³/mol. The number of rotatable bonds is 2. The third-order valence-corrected chi connectivity index (χ3v) is 2.93. The van der Waals surface area contributed by atoms with Gasteiger partial charge in [-0.2, -0.15) is 0 Å². The summed E-state index contributed by atoms with van der Waals surface area (Å²) in [6, 6.07) is 7.68. The van der Waals surface area contributed by atoms with E-state index in [2.05, 4.69) is 11.2 Å². The Morgan fingerprint density at radius 2 is 2.00 bits per heavy atom. The van der Waals surface area contributed by atoms with Crippen LogP contribution in [0, 0.1) is 12.3 Å². The second kappa shape index (κ2) is 4.84. The average molecular weight is 227 g/mol. The number of imide groups is 1. The van der Waals surface area contributed by atoms with Gasteiger partial charge in [-0.15, -0.1) is 12.3 Å². The van der Waals surface area contributed by atoms with E-state index in [1.807, 2.05) is 24.3 Å². The molecule has 1 aromatic rings. The van der Waals surface area contributed by atoms with Gasteiger partial charge >= 0.3 is 0 Å². The first-order chi connectivity index (χ1) is 8.20. The molecule has 0 aliphatic carbocycles. The molecule has 1 aliphatic heterocycles. The lowest BCUT2D eigenvalue weighted by molar-refractivity contribution is -0.134. The second-order valence-electron chi connectivity index (χ2n) is 4.13. The van der Waals surface area contributed by atoms with Crippen molar-refractivity contribution in [1.29, 1.82) is 0 Å². The number of carbonyl (C=O) groups excluding carboxylic acids is 2. The maximum absolute atomic E-state index is 11.7. The Bertz CT molecular complexity index is 482. The van der Waals surface area contributed by atoms with Crippen LogP contribution in [-0.2, 0) is 16.0 Å². The largest absolute Gasteiger partial charge is 0.296 e. The second-order valence-corrected chi connectivity index (χ2v) is 4.13. The number of carbonyl (C=O) groups is 2. The van der Waals surface area contributed by atoms with Gasteiger partial charge in [0.05, 0.1) is 5.92 Å². The normalized spacial score (nSPS) is 19.6.